The monoisotopic (exact) mass is 300 g/mol. The van der Waals surface area contributed by atoms with E-state index < -0.39 is 35.2 Å². The largest absolute Gasteiger partial charge is 0.481 e. The molecule has 0 aliphatic rings. The predicted octanol–water partition coefficient (Wildman–Crippen LogP) is 2.37. The first-order valence-electron chi connectivity index (χ1n) is 6.43. The Hall–Kier alpha value is -2.05. The van der Waals surface area contributed by atoms with E-state index in [4.69, 9.17) is 5.11 Å². The van der Waals surface area contributed by atoms with Crippen LogP contribution in [0, 0.1) is 17.2 Å². The van der Waals surface area contributed by atoms with Crippen molar-refractivity contribution in [1.82, 2.24) is 10.3 Å². The number of carbonyl (C=O) groups is 2. The van der Waals surface area contributed by atoms with Crippen LogP contribution in [0.1, 0.15) is 44.0 Å². The van der Waals surface area contributed by atoms with Crippen molar-refractivity contribution in [1.29, 1.82) is 0 Å². The number of carboxylic acids is 1. The third-order valence-electron chi connectivity index (χ3n) is 2.71. The first-order chi connectivity index (χ1) is 9.60. The molecule has 21 heavy (non-hydrogen) atoms. The topological polar surface area (TPSA) is 79.3 Å². The van der Waals surface area contributed by atoms with E-state index in [9.17, 15) is 18.4 Å². The second kappa shape index (κ2) is 6.60. The molecule has 5 nitrogen and oxygen atoms in total. The maximum absolute atomic E-state index is 13.5. The Labute approximate surface area is 121 Å². The van der Waals surface area contributed by atoms with Crippen molar-refractivity contribution in [3.63, 3.8) is 0 Å². The summed E-state index contributed by atoms with van der Waals surface area (Å²) in [5.41, 5.74) is -0.720. The Morgan fingerprint density at radius 3 is 2.52 bits per heavy atom. The molecule has 0 spiro atoms. The van der Waals surface area contributed by atoms with Gasteiger partial charge in [-0.1, -0.05) is 20.8 Å². The maximum Gasteiger partial charge on any atom is 0.305 e. The fourth-order valence-electron chi connectivity index (χ4n) is 1.98. The molecular weight excluding hydrogens is 282 g/mol. The van der Waals surface area contributed by atoms with Gasteiger partial charge >= 0.3 is 5.97 Å². The molecule has 1 unspecified atom stereocenters. The van der Waals surface area contributed by atoms with Gasteiger partial charge in [-0.25, -0.2) is 9.37 Å². The van der Waals surface area contributed by atoms with Crippen LogP contribution in [0.15, 0.2) is 12.3 Å². The lowest BCUT2D eigenvalue weighted by Gasteiger charge is -2.25. The SMILES string of the molecule is CC(C)(C)CC(CC(=O)O)NC(=O)c1ccnc(F)c1F. The summed E-state index contributed by atoms with van der Waals surface area (Å²) >= 11 is 0. The molecule has 1 amide bonds. The van der Waals surface area contributed by atoms with E-state index in [1.54, 1.807) is 0 Å². The van der Waals surface area contributed by atoms with Crippen molar-refractivity contribution in [2.24, 2.45) is 5.41 Å². The minimum Gasteiger partial charge on any atom is -0.481 e. The second-order valence-electron chi connectivity index (χ2n) is 6.00. The summed E-state index contributed by atoms with van der Waals surface area (Å²) in [5, 5.41) is 11.3. The Morgan fingerprint density at radius 1 is 1.38 bits per heavy atom. The number of nitrogens with one attached hydrogen (secondary N) is 1. The average Bonchev–Trinajstić information content (AvgIpc) is 2.29. The number of aliphatic carboxylic acids is 1. The number of amides is 1. The number of hydrogen-bond donors (Lipinski definition) is 2. The van der Waals surface area contributed by atoms with Gasteiger partial charge in [0.1, 0.15) is 0 Å². The Bertz CT molecular complexity index is 542. The molecule has 0 radical (unpaired) electrons. The number of nitrogens with zero attached hydrogens (tertiary/aromatic N) is 1. The molecule has 2 N–H and O–H groups in total. The predicted molar refractivity (Wildman–Crippen MR) is 71.7 cm³/mol. The van der Waals surface area contributed by atoms with E-state index in [2.05, 4.69) is 10.3 Å². The lowest BCUT2D eigenvalue weighted by atomic mass is 9.87. The molecule has 1 heterocycles. The molecule has 0 saturated heterocycles. The highest BCUT2D eigenvalue weighted by molar-refractivity contribution is 5.94. The van der Waals surface area contributed by atoms with E-state index in [1.807, 2.05) is 20.8 Å². The van der Waals surface area contributed by atoms with Crippen molar-refractivity contribution in [3.05, 3.63) is 29.6 Å². The molecule has 1 aromatic rings. The minimum atomic E-state index is -1.37. The van der Waals surface area contributed by atoms with Crippen LogP contribution >= 0.6 is 0 Å². The van der Waals surface area contributed by atoms with Crippen LogP contribution in [0.25, 0.3) is 0 Å². The molecular formula is C14H18F2N2O3. The van der Waals surface area contributed by atoms with Crippen molar-refractivity contribution < 1.29 is 23.5 Å². The molecule has 1 aromatic heterocycles. The van der Waals surface area contributed by atoms with E-state index in [0.717, 1.165) is 12.3 Å². The highest BCUT2D eigenvalue weighted by Gasteiger charge is 2.25. The molecule has 0 fully saturated rings. The fraction of sp³-hybridized carbons (Fsp3) is 0.500. The number of carbonyl (C=O) groups excluding carboxylic acids is 1. The molecule has 0 aromatic carbocycles. The fourth-order valence-corrected chi connectivity index (χ4v) is 1.98. The van der Waals surface area contributed by atoms with Crippen molar-refractivity contribution in [2.75, 3.05) is 0 Å². The molecule has 1 rings (SSSR count). The smallest absolute Gasteiger partial charge is 0.305 e. The average molecular weight is 300 g/mol. The summed E-state index contributed by atoms with van der Waals surface area (Å²) in [7, 11) is 0. The number of pyridine rings is 1. The summed E-state index contributed by atoms with van der Waals surface area (Å²) < 4.78 is 26.5. The van der Waals surface area contributed by atoms with Crippen LogP contribution in [0.3, 0.4) is 0 Å². The van der Waals surface area contributed by atoms with Crippen LogP contribution in [-0.4, -0.2) is 28.0 Å². The molecule has 7 heteroatoms. The van der Waals surface area contributed by atoms with E-state index in [-0.39, 0.29) is 11.8 Å². The maximum atomic E-state index is 13.5. The lowest BCUT2D eigenvalue weighted by molar-refractivity contribution is -0.137. The van der Waals surface area contributed by atoms with Gasteiger partial charge in [-0.2, -0.15) is 4.39 Å². The van der Waals surface area contributed by atoms with Crippen molar-refractivity contribution in [3.8, 4) is 0 Å². The zero-order valence-corrected chi connectivity index (χ0v) is 12.1. The summed E-state index contributed by atoms with van der Waals surface area (Å²) in [4.78, 5) is 25.9. The van der Waals surface area contributed by atoms with Gasteiger partial charge in [0.15, 0.2) is 5.82 Å². The van der Waals surface area contributed by atoms with Crippen LogP contribution in [0.2, 0.25) is 0 Å². The molecule has 116 valence electrons. The number of rotatable bonds is 5. The van der Waals surface area contributed by atoms with Gasteiger partial charge in [-0.3, -0.25) is 9.59 Å². The second-order valence-corrected chi connectivity index (χ2v) is 6.00. The molecule has 0 aliphatic carbocycles. The first kappa shape index (κ1) is 17.0. The quantitative estimate of drug-likeness (QED) is 0.818. The Balaban J connectivity index is 2.89. The van der Waals surface area contributed by atoms with Gasteiger partial charge in [0.05, 0.1) is 12.0 Å². The first-order valence-corrected chi connectivity index (χ1v) is 6.43. The highest BCUT2D eigenvalue weighted by atomic mass is 19.2. The van der Waals surface area contributed by atoms with Gasteiger partial charge in [-0.15, -0.1) is 0 Å². The standard InChI is InChI=1S/C14H18F2N2O3/c1-14(2,3)7-8(6-10(19)20)18-13(21)9-4-5-17-12(16)11(9)15/h4-5,8H,6-7H2,1-3H3,(H,18,21)(H,19,20). The number of hydrogen-bond acceptors (Lipinski definition) is 3. The van der Waals surface area contributed by atoms with Gasteiger partial charge in [0.25, 0.3) is 5.91 Å². The van der Waals surface area contributed by atoms with E-state index in [0.29, 0.717) is 6.42 Å². The van der Waals surface area contributed by atoms with Gasteiger partial charge < -0.3 is 10.4 Å². The van der Waals surface area contributed by atoms with Crippen LogP contribution in [-0.2, 0) is 4.79 Å². The Kier molecular flexibility index (Phi) is 5.34. The lowest BCUT2D eigenvalue weighted by Crippen LogP contribution is -2.39. The van der Waals surface area contributed by atoms with Gasteiger partial charge in [0, 0.05) is 12.2 Å². The summed E-state index contributed by atoms with van der Waals surface area (Å²) in [6.07, 6.45) is 1.07. The van der Waals surface area contributed by atoms with E-state index >= 15 is 0 Å². The van der Waals surface area contributed by atoms with Crippen LogP contribution < -0.4 is 5.32 Å². The number of halogens is 2. The van der Waals surface area contributed by atoms with Gasteiger partial charge in [0.2, 0.25) is 5.95 Å². The third kappa shape index (κ3) is 5.45. The summed E-state index contributed by atoms with van der Waals surface area (Å²) in [5.74, 6) is -4.65. The van der Waals surface area contributed by atoms with E-state index in [1.165, 1.54) is 0 Å². The highest BCUT2D eigenvalue weighted by Crippen LogP contribution is 2.22. The molecule has 0 bridgehead atoms. The number of carboxylic acid groups (broad SMARTS) is 1. The molecule has 0 aliphatic heterocycles. The molecule has 1 atom stereocenters. The third-order valence-corrected chi connectivity index (χ3v) is 2.71. The number of aromatic nitrogens is 1. The van der Waals surface area contributed by atoms with Gasteiger partial charge in [-0.05, 0) is 17.9 Å². The molecule has 0 saturated carbocycles. The van der Waals surface area contributed by atoms with Crippen molar-refractivity contribution in [2.45, 2.75) is 39.7 Å². The van der Waals surface area contributed by atoms with Crippen LogP contribution in [0.4, 0.5) is 8.78 Å². The Morgan fingerprint density at radius 2 is 2.00 bits per heavy atom. The van der Waals surface area contributed by atoms with Crippen molar-refractivity contribution >= 4 is 11.9 Å². The normalized spacial score (nSPS) is 12.8. The zero-order valence-electron chi connectivity index (χ0n) is 12.1. The zero-order chi connectivity index (χ0) is 16.2. The summed E-state index contributed by atoms with van der Waals surface area (Å²) in [6, 6.07) is 0.369. The minimum absolute atomic E-state index is 0.227. The summed E-state index contributed by atoms with van der Waals surface area (Å²) in [6.45, 7) is 5.67. The van der Waals surface area contributed by atoms with Crippen LogP contribution in [0.5, 0.6) is 0 Å².